The summed E-state index contributed by atoms with van der Waals surface area (Å²) in [5, 5.41) is 19.6. The van der Waals surface area contributed by atoms with Gasteiger partial charge >= 0.3 is 0 Å². The summed E-state index contributed by atoms with van der Waals surface area (Å²) in [6.45, 7) is 1.84. The van der Waals surface area contributed by atoms with E-state index in [1.54, 1.807) is 0 Å². The van der Waals surface area contributed by atoms with Crippen LogP contribution in [0.15, 0.2) is 30.3 Å². The third-order valence-electron chi connectivity index (χ3n) is 3.88. The van der Waals surface area contributed by atoms with Crippen LogP contribution in [0.1, 0.15) is 37.7 Å². The molecule has 1 aliphatic rings. The Morgan fingerprint density at radius 3 is 2.91 bits per heavy atom. The molecule has 4 nitrogen and oxygen atoms in total. The van der Waals surface area contributed by atoms with Crippen LogP contribution < -0.4 is 0 Å². The topological polar surface area (TPSA) is 58.9 Å². The third-order valence-corrected chi connectivity index (χ3v) is 3.88. The van der Waals surface area contributed by atoms with Gasteiger partial charge in [0.1, 0.15) is 6.10 Å². The van der Waals surface area contributed by atoms with Crippen LogP contribution in [-0.4, -0.2) is 41.7 Å². The lowest BCUT2D eigenvalue weighted by molar-refractivity contribution is -0.0796. The summed E-state index contributed by atoms with van der Waals surface area (Å²) in [5.74, 6) is 5.77. The highest BCUT2D eigenvalue weighted by Crippen LogP contribution is 2.18. The number of rotatable bonds is 7. The second-order valence-corrected chi connectivity index (χ2v) is 5.82. The Hall–Kier alpha value is -1.38. The second-order valence-electron chi connectivity index (χ2n) is 5.82. The Kier molecular flexibility index (Phi) is 8.13. The van der Waals surface area contributed by atoms with Crippen LogP contribution in [0.3, 0.4) is 0 Å². The molecule has 1 aromatic carbocycles. The van der Waals surface area contributed by atoms with Crippen molar-refractivity contribution in [3.05, 3.63) is 35.9 Å². The molecule has 1 heterocycles. The van der Waals surface area contributed by atoms with E-state index in [1.807, 2.05) is 30.3 Å². The van der Waals surface area contributed by atoms with E-state index in [-0.39, 0.29) is 6.10 Å². The van der Waals surface area contributed by atoms with Gasteiger partial charge in [-0.15, -0.1) is 0 Å². The van der Waals surface area contributed by atoms with E-state index >= 15 is 0 Å². The average Bonchev–Trinajstić information content (AvgIpc) is 2.58. The fourth-order valence-electron chi connectivity index (χ4n) is 2.57. The molecular formula is C19H26O4. The zero-order valence-corrected chi connectivity index (χ0v) is 13.5. The highest BCUT2D eigenvalue weighted by atomic mass is 16.5. The molecule has 1 aromatic rings. The molecule has 23 heavy (non-hydrogen) atoms. The van der Waals surface area contributed by atoms with Gasteiger partial charge in [0.05, 0.1) is 25.4 Å². The minimum atomic E-state index is -0.665. The number of benzene rings is 1. The molecule has 4 heteroatoms. The molecule has 3 atom stereocenters. The molecule has 1 saturated heterocycles. The molecule has 0 spiro atoms. The van der Waals surface area contributed by atoms with Gasteiger partial charge in [-0.2, -0.15) is 0 Å². The van der Waals surface area contributed by atoms with Crippen LogP contribution in [0.4, 0.5) is 0 Å². The number of hydrogen-bond acceptors (Lipinski definition) is 4. The van der Waals surface area contributed by atoms with E-state index in [0.717, 1.165) is 18.4 Å². The minimum absolute atomic E-state index is 0.158. The standard InChI is InChI=1S/C19H26O4/c20-17(11-12-19-18(21)10-6-14-23-19)9-4-5-13-22-15-16-7-2-1-3-8-16/h1-3,7-8,17-21H,5-6,10-15H2/t17-,18+,19-/m0/s1. The summed E-state index contributed by atoms with van der Waals surface area (Å²) in [6.07, 6.45) is 2.23. The maximum Gasteiger partial charge on any atom is 0.114 e. The molecule has 0 radical (unpaired) electrons. The Morgan fingerprint density at radius 2 is 2.13 bits per heavy atom. The fraction of sp³-hybridized carbons (Fsp3) is 0.579. The highest BCUT2D eigenvalue weighted by molar-refractivity contribution is 5.13. The van der Waals surface area contributed by atoms with E-state index in [9.17, 15) is 10.2 Å². The summed E-state index contributed by atoms with van der Waals surface area (Å²) < 4.78 is 11.0. The normalized spacial score (nSPS) is 22.2. The van der Waals surface area contributed by atoms with Gasteiger partial charge in [0, 0.05) is 13.0 Å². The van der Waals surface area contributed by atoms with E-state index in [1.165, 1.54) is 0 Å². The third kappa shape index (κ3) is 7.15. The van der Waals surface area contributed by atoms with Crippen LogP contribution in [0.5, 0.6) is 0 Å². The lowest BCUT2D eigenvalue weighted by Gasteiger charge is -2.28. The first-order chi connectivity index (χ1) is 11.3. The van der Waals surface area contributed by atoms with Crippen LogP contribution >= 0.6 is 0 Å². The maximum absolute atomic E-state index is 9.85. The van der Waals surface area contributed by atoms with Gasteiger partial charge in [-0.3, -0.25) is 0 Å². The molecular weight excluding hydrogens is 292 g/mol. The van der Waals surface area contributed by atoms with Gasteiger partial charge in [0.25, 0.3) is 0 Å². The molecule has 0 aliphatic carbocycles. The van der Waals surface area contributed by atoms with Crippen LogP contribution in [0.2, 0.25) is 0 Å². The van der Waals surface area contributed by atoms with Gasteiger partial charge in [0.15, 0.2) is 0 Å². The monoisotopic (exact) mass is 318 g/mol. The zero-order chi connectivity index (χ0) is 16.3. The number of ether oxygens (including phenoxy) is 2. The maximum atomic E-state index is 9.85. The van der Waals surface area contributed by atoms with Crippen molar-refractivity contribution in [3.8, 4) is 11.8 Å². The SMILES string of the molecule is O[C@@H]1CCCO[C@H]1CC[C@@H](O)C#CCCOCc1ccccc1. The first-order valence-electron chi connectivity index (χ1n) is 8.33. The van der Waals surface area contributed by atoms with Crippen LogP contribution in [0.25, 0.3) is 0 Å². The predicted molar refractivity (Wildman–Crippen MR) is 88.7 cm³/mol. The van der Waals surface area contributed by atoms with Gasteiger partial charge in [-0.1, -0.05) is 42.2 Å². The first kappa shape index (κ1) is 18.0. The smallest absolute Gasteiger partial charge is 0.114 e. The Morgan fingerprint density at radius 1 is 1.30 bits per heavy atom. The largest absolute Gasteiger partial charge is 0.390 e. The summed E-state index contributed by atoms with van der Waals surface area (Å²) >= 11 is 0. The molecule has 0 unspecified atom stereocenters. The van der Waals surface area contributed by atoms with Crippen LogP contribution in [0, 0.1) is 11.8 Å². The van der Waals surface area contributed by atoms with E-state index in [2.05, 4.69) is 11.8 Å². The molecule has 126 valence electrons. The summed E-state index contributed by atoms with van der Waals surface area (Å²) in [7, 11) is 0. The van der Waals surface area contributed by atoms with Gasteiger partial charge in [-0.25, -0.2) is 0 Å². The van der Waals surface area contributed by atoms with Crippen molar-refractivity contribution < 1.29 is 19.7 Å². The molecule has 0 aromatic heterocycles. The van der Waals surface area contributed by atoms with Gasteiger partial charge in [0.2, 0.25) is 0 Å². The zero-order valence-electron chi connectivity index (χ0n) is 13.5. The Balaban J connectivity index is 1.55. The van der Waals surface area contributed by atoms with E-state index in [4.69, 9.17) is 9.47 Å². The number of hydrogen-bond donors (Lipinski definition) is 2. The minimum Gasteiger partial charge on any atom is -0.390 e. The molecule has 1 fully saturated rings. The molecule has 1 aliphatic heterocycles. The molecule has 2 N–H and O–H groups in total. The van der Waals surface area contributed by atoms with Crippen molar-refractivity contribution >= 4 is 0 Å². The van der Waals surface area contributed by atoms with E-state index in [0.29, 0.717) is 39.1 Å². The quantitative estimate of drug-likeness (QED) is 0.598. The first-order valence-corrected chi connectivity index (χ1v) is 8.33. The van der Waals surface area contributed by atoms with Crippen molar-refractivity contribution in [3.63, 3.8) is 0 Å². The Bertz CT molecular complexity index is 491. The van der Waals surface area contributed by atoms with Gasteiger partial charge < -0.3 is 19.7 Å². The Labute approximate surface area is 138 Å². The highest BCUT2D eigenvalue weighted by Gasteiger charge is 2.23. The number of aliphatic hydroxyl groups excluding tert-OH is 2. The van der Waals surface area contributed by atoms with Crippen molar-refractivity contribution in [1.29, 1.82) is 0 Å². The van der Waals surface area contributed by atoms with Crippen LogP contribution in [-0.2, 0) is 16.1 Å². The molecule has 0 bridgehead atoms. The molecule has 2 rings (SSSR count). The molecule has 0 saturated carbocycles. The lowest BCUT2D eigenvalue weighted by Crippen LogP contribution is -2.34. The number of aliphatic hydroxyl groups is 2. The predicted octanol–water partition coefficient (Wildman–Crippen LogP) is 2.28. The van der Waals surface area contributed by atoms with E-state index < -0.39 is 12.2 Å². The van der Waals surface area contributed by atoms with Crippen molar-refractivity contribution in [2.75, 3.05) is 13.2 Å². The van der Waals surface area contributed by atoms with Crippen molar-refractivity contribution in [2.45, 2.75) is 57.0 Å². The summed E-state index contributed by atoms with van der Waals surface area (Å²) in [6, 6.07) is 10.0. The van der Waals surface area contributed by atoms with Gasteiger partial charge in [-0.05, 0) is 31.2 Å². The van der Waals surface area contributed by atoms with Crippen molar-refractivity contribution in [2.24, 2.45) is 0 Å². The lowest BCUT2D eigenvalue weighted by atomic mass is 10.00. The average molecular weight is 318 g/mol. The second kappa shape index (κ2) is 10.4. The summed E-state index contributed by atoms with van der Waals surface area (Å²) in [4.78, 5) is 0. The fourth-order valence-corrected chi connectivity index (χ4v) is 2.57. The molecule has 0 amide bonds. The van der Waals surface area contributed by atoms with Crippen molar-refractivity contribution in [1.82, 2.24) is 0 Å². The summed E-state index contributed by atoms with van der Waals surface area (Å²) in [5.41, 5.74) is 1.14.